The van der Waals surface area contributed by atoms with E-state index in [-0.39, 0.29) is 33.2 Å². The van der Waals surface area contributed by atoms with Crippen molar-refractivity contribution in [2.24, 2.45) is 5.92 Å². The van der Waals surface area contributed by atoms with Crippen molar-refractivity contribution in [3.63, 3.8) is 0 Å². The third-order valence-electron chi connectivity index (χ3n) is 1.73. The van der Waals surface area contributed by atoms with E-state index in [1.807, 2.05) is 6.92 Å². The summed E-state index contributed by atoms with van der Waals surface area (Å²) in [4.78, 5) is 10.3. The molecule has 0 heterocycles. The Balaban J connectivity index is 0. The first-order valence-electron chi connectivity index (χ1n) is 3.93. The molecule has 0 aliphatic heterocycles. The van der Waals surface area contributed by atoms with Crippen LogP contribution >= 0.6 is 0 Å². The normalized spacial score (nSPS) is 11.8. The van der Waals surface area contributed by atoms with Gasteiger partial charge in [-0.3, -0.25) is 0 Å². The Morgan fingerprint density at radius 2 is 2.00 bits per heavy atom. The van der Waals surface area contributed by atoms with Gasteiger partial charge in [-0.25, -0.2) is 0 Å². The molecule has 0 aromatic heterocycles. The molecular formula is C8H15CdO2+. The zero-order chi connectivity index (χ0) is 7.98. The number of hydrogen-bond acceptors (Lipinski definition) is 2. The minimum Gasteiger partial charge on any atom is -0.550 e. The number of hydrogen-bond donors (Lipinski definition) is 0. The zero-order valence-corrected chi connectivity index (χ0v) is 11.5. The number of carboxylic acid groups (broad SMARTS) is 1. The molecule has 0 saturated carbocycles. The van der Waals surface area contributed by atoms with Gasteiger partial charge in [-0.15, -0.1) is 0 Å². The van der Waals surface area contributed by atoms with E-state index in [0.717, 1.165) is 19.3 Å². The van der Waals surface area contributed by atoms with E-state index in [2.05, 4.69) is 6.92 Å². The van der Waals surface area contributed by atoms with Crippen molar-refractivity contribution in [3.05, 3.63) is 0 Å². The van der Waals surface area contributed by atoms with E-state index >= 15 is 0 Å². The second-order valence-corrected chi connectivity index (χ2v) is 2.57. The molecular weight excluding hydrogens is 240 g/mol. The quantitative estimate of drug-likeness (QED) is 0.687. The van der Waals surface area contributed by atoms with Gasteiger partial charge in [0.15, 0.2) is 0 Å². The van der Waals surface area contributed by atoms with Crippen LogP contribution in [-0.4, -0.2) is 5.97 Å². The second kappa shape index (κ2) is 8.49. The Labute approximate surface area is 88.5 Å². The molecule has 1 unspecified atom stereocenters. The third-order valence-corrected chi connectivity index (χ3v) is 1.73. The maximum Gasteiger partial charge on any atom is 2.00 e. The SMILES string of the molecule is CCCCC(CC)C(=O)[O-].[Cd+2]. The minimum atomic E-state index is -0.893. The fourth-order valence-corrected chi connectivity index (χ4v) is 0.939. The fraction of sp³-hybridized carbons (Fsp3) is 0.875. The van der Waals surface area contributed by atoms with Gasteiger partial charge in [-0.2, -0.15) is 0 Å². The van der Waals surface area contributed by atoms with Gasteiger partial charge in [0.1, 0.15) is 0 Å². The smallest absolute Gasteiger partial charge is 0.550 e. The van der Waals surface area contributed by atoms with Crippen LogP contribution in [0.5, 0.6) is 0 Å². The van der Waals surface area contributed by atoms with E-state index in [0.29, 0.717) is 6.42 Å². The van der Waals surface area contributed by atoms with Crippen LogP contribution < -0.4 is 5.11 Å². The molecule has 3 heteroatoms. The molecule has 0 saturated heterocycles. The molecule has 0 spiro atoms. The van der Waals surface area contributed by atoms with E-state index in [4.69, 9.17) is 0 Å². The summed E-state index contributed by atoms with van der Waals surface area (Å²) in [6.07, 6.45) is 3.52. The first-order valence-corrected chi connectivity index (χ1v) is 3.93. The van der Waals surface area contributed by atoms with Crippen LogP contribution in [0.15, 0.2) is 0 Å². The van der Waals surface area contributed by atoms with Crippen molar-refractivity contribution in [1.29, 1.82) is 0 Å². The van der Waals surface area contributed by atoms with Crippen LogP contribution in [0.4, 0.5) is 0 Å². The maximum absolute atomic E-state index is 10.3. The van der Waals surface area contributed by atoms with Crippen molar-refractivity contribution >= 4 is 5.97 Å². The van der Waals surface area contributed by atoms with Crippen molar-refractivity contribution in [1.82, 2.24) is 0 Å². The fourth-order valence-electron chi connectivity index (χ4n) is 0.939. The maximum atomic E-state index is 10.3. The summed E-state index contributed by atoms with van der Waals surface area (Å²) in [5.41, 5.74) is 0. The Morgan fingerprint density at radius 3 is 2.27 bits per heavy atom. The van der Waals surface area contributed by atoms with Crippen molar-refractivity contribution in [3.8, 4) is 0 Å². The van der Waals surface area contributed by atoms with Crippen molar-refractivity contribution in [2.45, 2.75) is 39.5 Å². The van der Waals surface area contributed by atoms with Gasteiger partial charge in [0.25, 0.3) is 0 Å². The molecule has 0 aromatic rings. The van der Waals surface area contributed by atoms with Crippen LogP contribution in [0.3, 0.4) is 0 Å². The third kappa shape index (κ3) is 6.78. The molecule has 0 aliphatic rings. The topological polar surface area (TPSA) is 40.1 Å². The summed E-state index contributed by atoms with van der Waals surface area (Å²) >= 11 is 0. The standard InChI is InChI=1S/C8H16O2.Cd/c1-3-5-6-7(4-2)8(9)10;/h7H,3-6H2,1-2H3,(H,9,10);/q;+2/p-1. The molecule has 0 fully saturated rings. The molecule has 11 heavy (non-hydrogen) atoms. The summed E-state index contributed by atoms with van der Waals surface area (Å²) in [6.45, 7) is 3.94. The Kier molecular flexibility index (Phi) is 10.8. The summed E-state index contributed by atoms with van der Waals surface area (Å²) in [7, 11) is 0. The number of carbonyl (C=O) groups is 1. The van der Waals surface area contributed by atoms with E-state index in [1.165, 1.54) is 0 Å². The van der Waals surface area contributed by atoms with Crippen LogP contribution in [-0.2, 0) is 32.1 Å². The molecule has 2 nitrogen and oxygen atoms in total. The van der Waals surface area contributed by atoms with Gasteiger partial charge in [0.2, 0.25) is 0 Å². The average molecular weight is 256 g/mol. The molecule has 0 rings (SSSR count). The van der Waals surface area contributed by atoms with Crippen molar-refractivity contribution < 1.29 is 37.2 Å². The van der Waals surface area contributed by atoms with Crippen LogP contribution in [0.2, 0.25) is 0 Å². The van der Waals surface area contributed by atoms with Crippen molar-refractivity contribution in [2.75, 3.05) is 0 Å². The summed E-state index contributed by atoms with van der Waals surface area (Å²) < 4.78 is 0. The van der Waals surface area contributed by atoms with Gasteiger partial charge in [0.05, 0.1) is 0 Å². The molecule has 0 amide bonds. The number of aliphatic carboxylic acids is 1. The van der Waals surface area contributed by atoms with Crippen LogP contribution in [0.25, 0.3) is 0 Å². The molecule has 0 bridgehead atoms. The van der Waals surface area contributed by atoms with E-state index in [1.54, 1.807) is 0 Å². The van der Waals surface area contributed by atoms with Gasteiger partial charge >= 0.3 is 27.3 Å². The zero-order valence-electron chi connectivity index (χ0n) is 7.43. The Morgan fingerprint density at radius 1 is 1.45 bits per heavy atom. The summed E-state index contributed by atoms with van der Waals surface area (Å²) in [5.74, 6) is -1.11. The number of carboxylic acids is 1. The number of rotatable bonds is 5. The Hall–Kier alpha value is 0.392. The molecule has 0 radical (unpaired) electrons. The average Bonchev–Trinajstić information content (AvgIpc) is 1.89. The van der Waals surface area contributed by atoms with Crippen LogP contribution in [0, 0.1) is 5.92 Å². The van der Waals surface area contributed by atoms with Gasteiger partial charge in [-0.05, 0) is 18.8 Å². The number of carbonyl (C=O) groups excluding carboxylic acids is 1. The monoisotopic (exact) mass is 257 g/mol. The van der Waals surface area contributed by atoms with Gasteiger partial charge in [0, 0.05) is 5.97 Å². The molecule has 0 N–H and O–H groups in total. The molecule has 0 aliphatic carbocycles. The first-order chi connectivity index (χ1) is 4.72. The minimum absolute atomic E-state index is 0. The Bertz CT molecular complexity index is 104. The molecule has 60 valence electrons. The van der Waals surface area contributed by atoms with E-state index < -0.39 is 5.97 Å². The largest absolute Gasteiger partial charge is 2.00 e. The van der Waals surface area contributed by atoms with Gasteiger partial charge in [-0.1, -0.05) is 26.7 Å². The van der Waals surface area contributed by atoms with Gasteiger partial charge < -0.3 is 9.90 Å². The predicted octanol–water partition coefficient (Wildman–Crippen LogP) is 0.950. The van der Waals surface area contributed by atoms with E-state index in [9.17, 15) is 9.90 Å². The summed E-state index contributed by atoms with van der Waals surface area (Å²) in [5, 5.41) is 10.3. The molecule has 1 atom stereocenters. The number of unbranched alkanes of at least 4 members (excludes halogenated alkanes) is 1. The summed E-state index contributed by atoms with van der Waals surface area (Å²) in [6, 6.07) is 0. The van der Waals surface area contributed by atoms with Crippen LogP contribution in [0.1, 0.15) is 39.5 Å². The molecule has 0 aromatic carbocycles. The second-order valence-electron chi connectivity index (χ2n) is 2.57. The first kappa shape index (κ1) is 13.9. The predicted molar refractivity (Wildman–Crippen MR) is 38.3 cm³/mol.